The van der Waals surface area contributed by atoms with E-state index in [1.54, 1.807) is 13.0 Å². The number of rotatable bonds is 8. The number of pyridine rings is 1. The molecule has 2 N–H and O–H groups in total. The van der Waals surface area contributed by atoms with Crippen LogP contribution in [0.3, 0.4) is 0 Å². The van der Waals surface area contributed by atoms with E-state index in [0.717, 1.165) is 11.6 Å². The summed E-state index contributed by atoms with van der Waals surface area (Å²) in [6.45, 7) is 2.40. The number of hydrogen-bond donors (Lipinski definition) is 2. The highest BCUT2D eigenvalue weighted by atomic mass is 32.2. The van der Waals surface area contributed by atoms with Gasteiger partial charge in [0.25, 0.3) is 10.0 Å². The number of thiazole rings is 1. The first-order valence-corrected chi connectivity index (χ1v) is 13.6. The minimum absolute atomic E-state index is 0.101. The summed E-state index contributed by atoms with van der Waals surface area (Å²) < 4.78 is 56.9. The number of aryl methyl sites for hydroxylation is 1. The van der Waals surface area contributed by atoms with E-state index in [-0.39, 0.29) is 23.9 Å². The zero-order valence-electron chi connectivity index (χ0n) is 18.6. The second kappa shape index (κ2) is 9.20. The standard InChI is InChI=1S/C23H25F2N5O2S2/c1-14-21(9-20(25)23(28-14)34(31,32)29-22-12-33-13-27-22)26-10-18-15(3-2-4-19(18)24)11-30-16-5-6-17(30)8-7-16/h2-4,9,12-13,16-17,26,29H,5-8,10-11H2,1H3. The summed E-state index contributed by atoms with van der Waals surface area (Å²) in [4.78, 5) is 10.3. The Morgan fingerprint density at radius 2 is 1.88 bits per heavy atom. The zero-order chi connectivity index (χ0) is 23.9. The molecule has 0 spiro atoms. The number of anilines is 2. The molecular formula is C23H25F2N5O2S2. The van der Waals surface area contributed by atoms with Gasteiger partial charge in [-0.25, -0.2) is 18.7 Å². The summed E-state index contributed by atoms with van der Waals surface area (Å²) in [5, 5.41) is 3.84. The maximum absolute atomic E-state index is 14.8. The van der Waals surface area contributed by atoms with Crippen molar-refractivity contribution in [2.75, 3.05) is 10.0 Å². The van der Waals surface area contributed by atoms with Gasteiger partial charge in [-0.15, -0.1) is 11.3 Å². The Bertz CT molecular complexity index is 1280. The second-order valence-corrected chi connectivity index (χ2v) is 11.1. The monoisotopic (exact) mass is 505 g/mol. The molecule has 180 valence electrons. The fourth-order valence-corrected chi connectivity index (χ4v) is 6.60. The average molecular weight is 506 g/mol. The lowest BCUT2D eigenvalue weighted by atomic mass is 10.0. The van der Waals surface area contributed by atoms with Crippen LogP contribution in [0.4, 0.5) is 20.3 Å². The van der Waals surface area contributed by atoms with E-state index in [4.69, 9.17) is 0 Å². The van der Waals surface area contributed by atoms with Gasteiger partial charge in [-0.2, -0.15) is 8.42 Å². The Morgan fingerprint density at radius 1 is 1.15 bits per heavy atom. The summed E-state index contributed by atoms with van der Waals surface area (Å²) in [6.07, 6.45) is 4.79. The van der Waals surface area contributed by atoms with Crippen LogP contribution in [0.5, 0.6) is 0 Å². The van der Waals surface area contributed by atoms with Gasteiger partial charge in [0, 0.05) is 42.2 Å². The minimum atomic E-state index is -4.24. The third-order valence-electron chi connectivity index (χ3n) is 6.69. The lowest BCUT2D eigenvalue weighted by Crippen LogP contribution is -2.28. The molecule has 11 heteroatoms. The molecule has 0 atom stereocenters. The highest BCUT2D eigenvalue weighted by Gasteiger charge is 2.39. The fourth-order valence-electron chi connectivity index (χ4n) is 4.98. The number of aromatic nitrogens is 2. The fraction of sp³-hybridized carbons (Fsp3) is 0.391. The molecule has 0 aliphatic carbocycles. The van der Waals surface area contributed by atoms with Crippen LogP contribution < -0.4 is 10.0 Å². The first kappa shape index (κ1) is 23.1. The SMILES string of the molecule is Cc1nc(S(=O)(=O)Nc2cscn2)c(F)cc1NCc1c(F)cccc1CN1C2CCC1CC2. The lowest BCUT2D eigenvalue weighted by molar-refractivity contribution is 0.243. The molecule has 2 bridgehead atoms. The molecule has 2 fully saturated rings. The Balaban J connectivity index is 1.34. The van der Waals surface area contributed by atoms with Crippen molar-refractivity contribution in [1.29, 1.82) is 0 Å². The molecule has 2 aliphatic rings. The predicted octanol–water partition coefficient (Wildman–Crippen LogP) is 4.66. The van der Waals surface area contributed by atoms with Crippen LogP contribution in [0.25, 0.3) is 0 Å². The number of nitrogens with zero attached hydrogens (tertiary/aromatic N) is 3. The Hall–Kier alpha value is -2.63. The molecule has 2 saturated heterocycles. The normalized spacial score (nSPS) is 20.1. The van der Waals surface area contributed by atoms with Crippen molar-refractivity contribution in [1.82, 2.24) is 14.9 Å². The summed E-state index contributed by atoms with van der Waals surface area (Å²) >= 11 is 1.21. The number of halogens is 2. The molecule has 1 aromatic carbocycles. The van der Waals surface area contributed by atoms with Crippen LogP contribution >= 0.6 is 11.3 Å². The van der Waals surface area contributed by atoms with E-state index in [1.165, 1.54) is 54.0 Å². The molecule has 0 radical (unpaired) electrons. The van der Waals surface area contributed by atoms with Gasteiger partial charge in [0.05, 0.1) is 16.9 Å². The highest BCUT2D eigenvalue weighted by molar-refractivity contribution is 7.92. The van der Waals surface area contributed by atoms with Gasteiger partial charge >= 0.3 is 0 Å². The molecule has 0 unspecified atom stereocenters. The van der Waals surface area contributed by atoms with E-state index < -0.39 is 20.9 Å². The number of fused-ring (bicyclic) bond motifs is 2. The second-order valence-electron chi connectivity index (χ2n) is 8.75. The van der Waals surface area contributed by atoms with Crippen molar-refractivity contribution in [3.63, 3.8) is 0 Å². The first-order chi connectivity index (χ1) is 16.3. The van der Waals surface area contributed by atoms with Crippen molar-refractivity contribution in [2.45, 2.75) is 62.8 Å². The zero-order valence-corrected chi connectivity index (χ0v) is 20.2. The molecule has 0 saturated carbocycles. The average Bonchev–Trinajstić information content (AvgIpc) is 3.53. The van der Waals surface area contributed by atoms with Crippen molar-refractivity contribution in [3.05, 3.63) is 63.6 Å². The van der Waals surface area contributed by atoms with Crippen molar-refractivity contribution in [3.8, 4) is 0 Å². The van der Waals surface area contributed by atoms with Crippen molar-refractivity contribution < 1.29 is 17.2 Å². The third kappa shape index (κ3) is 4.51. The van der Waals surface area contributed by atoms with Crippen LogP contribution in [0, 0.1) is 18.6 Å². The molecular weight excluding hydrogens is 480 g/mol. The van der Waals surface area contributed by atoms with Gasteiger partial charge in [0.15, 0.2) is 11.6 Å². The third-order valence-corrected chi connectivity index (χ3v) is 8.55. The van der Waals surface area contributed by atoms with Gasteiger partial charge in [0.2, 0.25) is 5.03 Å². The summed E-state index contributed by atoms with van der Waals surface area (Å²) in [7, 11) is -4.24. The van der Waals surface area contributed by atoms with Gasteiger partial charge in [-0.05, 0) is 44.2 Å². The van der Waals surface area contributed by atoms with E-state index in [1.807, 2.05) is 6.07 Å². The summed E-state index contributed by atoms with van der Waals surface area (Å²) in [5.74, 6) is -1.22. The number of hydrogen-bond acceptors (Lipinski definition) is 7. The molecule has 7 nitrogen and oxygen atoms in total. The van der Waals surface area contributed by atoms with Crippen LogP contribution in [0.2, 0.25) is 0 Å². The van der Waals surface area contributed by atoms with E-state index >= 15 is 0 Å². The summed E-state index contributed by atoms with van der Waals surface area (Å²) in [6, 6.07) is 7.30. The molecule has 3 aromatic rings. The highest BCUT2D eigenvalue weighted by Crippen LogP contribution is 2.39. The maximum Gasteiger partial charge on any atom is 0.283 e. The van der Waals surface area contributed by atoms with E-state index in [2.05, 4.69) is 24.9 Å². The van der Waals surface area contributed by atoms with E-state index in [0.29, 0.717) is 29.9 Å². The Morgan fingerprint density at radius 3 is 2.56 bits per heavy atom. The first-order valence-electron chi connectivity index (χ1n) is 11.2. The van der Waals surface area contributed by atoms with Crippen LogP contribution in [0.1, 0.15) is 42.5 Å². The summed E-state index contributed by atoms with van der Waals surface area (Å²) in [5.41, 5.74) is 3.49. The minimum Gasteiger partial charge on any atom is -0.379 e. The van der Waals surface area contributed by atoms with Crippen LogP contribution in [-0.2, 0) is 23.1 Å². The molecule has 34 heavy (non-hydrogen) atoms. The van der Waals surface area contributed by atoms with E-state index in [9.17, 15) is 17.2 Å². The topological polar surface area (TPSA) is 87.2 Å². The van der Waals surface area contributed by atoms with Gasteiger partial charge in [0.1, 0.15) is 5.82 Å². The van der Waals surface area contributed by atoms with Gasteiger partial charge < -0.3 is 5.32 Å². The number of nitrogens with one attached hydrogen (secondary N) is 2. The molecule has 2 aromatic heterocycles. The van der Waals surface area contributed by atoms with Gasteiger partial charge in [-0.3, -0.25) is 9.62 Å². The largest absolute Gasteiger partial charge is 0.379 e. The Labute approximate surface area is 201 Å². The van der Waals surface area contributed by atoms with Crippen LogP contribution in [-0.4, -0.2) is 35.4 Å². The lowest BCUT2D eigenvalue weighted by Gasteiger charge is -2.23. The van der Waals surface area contributed by atoms with Gasteiger partial charge in [-0.1, -0.05) is 12.1 Å². The quantitative estimate of drug-likeness (QED) is 0.463. The van der Waals surface area contributed by atoms with Crippen LogP contribution in [0.15, 0.2) is 40.2 Å². The molecule has 2 aliphatic heterocycles. The molecule has 0 amide bonds. The smallest absolute Gasteiger partial charge is 0.283 e. The Kier molecular flexibility index (Phi) is 6.26. The van der Waals surface area contributed by atoms with Crippen molar-refractivity contribution >= 4 is 32.9 Å². The predicted molar refractivity (Wildman–Crippen MR) is 127 cm³/mol. The maximum atomic E-state index is 14.8. The number of sulfonamides is 1. The molecule has 4 heterocycles. The molecule has 5 rings (SSSR count). The van der Waals surface area contributed by atoms with Crippen molar-refractivity contribution in [2.24, 2.45) is 0 Å². The number of benzene rings is 1.